The van der Waals surface area contributed by atoms with E-state index in [1.807, 2.05) is 67.6 Å². The van der Waals surface area contributed by atoms with Crippen LogP contribution in [0.2, 0.25) is 0 Å². The lowest BCUT2D eigenvalue weighted by Gasteiger charge is -2.68. The van der Waals surface area contributed by atoms with Crippen molar-refractivity contribution in [3.8, 4) is 22.8 Å². The SMILES string of the molecule is COc1ccc(C(OC)O[C@H]2CC3[C@](C)(CC[C@@H]4O[C@H](c5ccccc5)OC[C@@]34C)C3C(O)c4c(cc(-c5cccnc5)oc4=O)O[C@@]32C)cc1. The molecule has 2 aliphatic heterocycles. The molecule has 2 aromatic carbocycles. The minimum atomic E-state index is -1.19. The molecule has 8 rings (SSSR count). The standard InChI is InChI=1S/C41H45NO9/c1-39-18-17-31-40(2,23-47-38(49-31)24-10-7-6-8-11-24)30(39)21-32(50-37(46-5)25-13-15-27(45-4)16-14-25)41(3)35(39)34(43)33-29(51-41)20-28(48-36(33)44)26-12-9-19-42-22-26/h6-16,19-20,22,30-32,34-35,37-38,43H,17-18,21,23H2,1-5H3/t30?,31-,32-,34?,35?,37?,38+,39-,40-,41+/m0/s1. The van der Waals surface area contributed by atoms with Crippen LogP contribution in [0.3, 0.4) is 0 Å². The number of ether oxygens (including phenoxy) is 6. The lowest BCUT2D eigenvalue weighted by molar-refractivity contribution is -0.340. The Morgan fingerprint density at radius 3 is 2.47 bits per heavy atom. The molecule has 10 atom stereocenters. The van der Waals surface area contributed by atoms with Gasteiger partial charge in [-0.3, -0.25) is 4.98 Å². The van der Waals surface area contributed by atoms with Gasteiger partial charge in [-0.15, -0.1) is 0 Å². The molecule has 0 amide bonds. The molecule has 1 N–H and O–H groups in total. The maximum absolute atomic E-state index is 13.8. The normalized spacial score (nSPS) is 34.5. The molecule has 3 fully saturated rings. The zero-order chi connectivity index (χ0) is 35.5. The van der Waals surface area contributed by atoms with E-state index in [-0.39, 0.29) is 23.3 Å². The van der Waals surface area contributed by atoms with E-state index in [0.29, 0.717) is 24.4 Å². The van der Waals surface area contributed by atoms with Gasteiger partial charge in [-0.25, -0.2) is 4.79 Å². The van der Waals surface area contributed by atoms with Crippen LogP contribution >= 0.6 is 0 Å². The molecule has 4 unspecified atom stereocenters. The molecule has 2 saturated carbocycles. The number of aliphatic hydroxyl groups excluding tert-OH is 1. The lowest BCUT2D eigenvalue weighted by atomic mass is 9.42. The Hall–Kier alpha value is -4.06. The van der Waals surface area contributed by atoms with Gasteiger partial charge in [-0.1, -0.05) is 56.3 Å². The minimum Gasteiger partial charge on any atom is -0.497 e. The van der Waals surface area contributed by atoms with Gasteiger partial charge < -0.3 is 37.9 Å². The summed E-state index contributed by atoms with van der Waals surface area (Å²) in [6, 6.07) is 22.9. The van der Waals surface area contributed by atoms with E-state index in [9.17, 15) is 9.90 Å². The van der Waals surface area contributed by atoms with Crippen LogP contribution in [0.5, 0.6) is 11.5 Å². The maximum Gasteiger partial charge on any atom is 0.345 e. The second kappa shape index (κ2) is 12.9. The highest BCUT2D eigenvalue weighted by Gasteiger charge is 2.70. The van der Waals surface area contributed by atoms with Crippen molar-refractivity contribution in [2.45, 2.75) is 76.5 Å². The van der Waals surface area contributed by atoms with E-state index < -0.39 is 52.8 Å². The Labute approximate surface area is 297 Å². The van der Waals surface area contributed by atoms with Crippen LogP contribution in [0.15, 0.2) is 94.4 Å². The predicted octanol–water partition coefficient (Wildman–Crippen LogP) is 7.18. The van der Waals surface area contributed by atoms with Gasteiger partial charge in [0.05, 0.1) is 25.9 Å². The average Bonchev–Trinajstić information content (AvgIpc) is 3.14. The number of aromatic nitrogens is 1. The Balaban J connectivity index is 1.21. The van der Waals surface area contributed by atoms with E-state index in [4.69, 9.17) is 32.8 Å². The van der Waals surface area contributed by atoms with E-state index in [1.165, 1.54) is 0 Å². The summed E-state index contributed by atoms with van der Waals surface area (Å²) in [5, 5.41) is 12.5. The molecule has 0 radical (unpaired) electrons. The first-order chi connectivity index (χ1) is 24.6. The Morgan fingerprint density at radius 2 is 1.76 bits per heavy atom. The topological polar surface area (TPSA) is 119 Å². The molecule has 1 saturated heterocycles. The average molecular weight is 696 g/mol. The molecule has 0 bridgehead atoms. The number of benzene rings is 2. The fourth-order valence-electron chi connectivity index (χ4n) is 9.84. The molecule has 0 spiro atoms. The number of methoxy groups -OCH3 is 2. The van der Waals surface area contributed by atoms with E-state index >= 15 is 0 Å². The molecule has 2 aliphatic carbocycles. The van der Waals surface area contributed by atoms with Gasteiger partial charge in [0.15, 0.2) is 12.6 Å². The molecule has 10 heteroatoms. The summed E-state index contributed by atoms with van der Waals surface area (Å²) in [7, 11) is 3.24. The summed E-state index contributed by atoms with van der Waals surface area (Å²) in [6.45, 7) is 6.92. The number of hydrogen-bond donors (Lipinski definition) is 1. The highest BCUT2D eigenvalue weighted by Crippen LogP contribution is 2.68. The lowest BCUT2D eigenvalue weighted by Crippen LogP contribution is -2.71. The van der Waals surface area contributed by atoms with Crippen LogP contribution in [-0.2, 0) is 18.9 Å². The summed E-state index contributed by atoms with van der Waals surface area (Å²) >= 11 is 0. The zero-order valence-corrected chi connectivity index (χ0v) is 29.6. The van der Waals surface area contributed by atoms with E-state index in [2.05, 4.69) is 18.8 Å². The van der Waals surface area contributed by atoms with Crippen molar-refractivity contribution in [3.05, 3.63) is 112 Å². The smallest absolute Gasteiger partial charge is 0.345 e. The largest absolute Gasteiger partial charge is 0.497 e. The number of nitrogens with zero attached hydrogens (tertiary/aromatic N) is 1. The van der Waals surface area contributed by atoms with Crippen LogP contribution in [0, 0.1) is 22.7 Å². The van der Waals surface area contributed by atoms with E-state index in [0.717, 1.165) is 29.7 Å². The van der Waals surface area contributed by atoms with Gasteiger partial charge in [0.25, 0.3) is 0 Å². The third-order valence-electron chi connectivity index (χ3n) is 12.3. The first-order valence-electron chi connectivity index (χ1n) is 17.7. The van der Waals surface area contributed by atoms with Gasteiger partial charge in [0.2, 0.25) is 0 Å². The fraction of sp³-hybridized carbons (Fsp3) is 0.463. The van der Waals surface area contributed by atoms with Gasteiger partial charge in [0, 0.05) is 53.6 Å². The monoisotopic (exact) mass is 695 g/mol. The Bertz CT molecular complexity index is 1920. The Kier molecular flexibility index (Phi) is 8.59. The van der Waals surface area contributed by atoms with Crippen molar-refractivity contribution in [2.75, 3.05) is 20.8 Å². The van der Waals surface area contributed by atoms with Crippen LogP contribution < -0.4 is 15.1 Å². The summed E-state index contributed by atoms with van der Waals surface area (Å²) in [6.07, 6.45) is 2.29. The highest BCUT2D eigenvalue weighted by molar-refractivity contribution is 5.59. The second-order valence-corrected chi connectivity index (χ2v) is 15.1. The van der Waals surface area contributed by atoms with Crippen molar-refractivity contribution in [1.82, 2.24) is 4.98 Å². The van der Waals surface area contributed by atoms with Crippen molar-refractivity contribution in [1.29, 1.82) is 0 Å². The Morgan fingerprint density at radius 1 is 0.980 bits per heavy atom. The second-order valence-electron chi connectivity index (χ2n) is 15.1. The number of pyridine rings is 1. The summed E-state index contributed by atoms with van der Waals surface area (Å²) < 4.78 is 44.5. The van der Waals surface area contributed by atoms with Crippen LogP contribution in [0.25, 0.3) is 11.3 Å². The first-order valence-corrected chi connectivity index (χ1v) is 17.7. The quantitative estimate of drug-likeness (QED) is 0.199. The number of fused-ring (bicyclic) bond motifs is 6. The number of rotatable bonds is 7. The molecule has 268 valence electrons. The van der Waals surface area contributed by atoms with Gasteiger partial charge in [0.1, 0.15) is 34.5 Å². The van der Waals surface area contributed by atoms with Crippen LogP contribution in [0.4, 0.5) is 0 Å². The van der Waals surface area contributed by atoms with Gasteiger partial charge in [-0.2, -0.15) is 0 Å². The molecule has 10 nitrogen and oxygen atoms in total. The first kappa shape index (κ1) is 34.0. The van der Waals surface area contributed by atoms with Crippen molar-refractivity contribution in [2.24, 2.45) is 22.7 Å². The predicted molar refractivity (Wildman–Crippen MR) is 187 cm³/mol. The molecule has 4 aromatic rings. The summed E-state index contributed by atoms with van der Waals surface area (Å²) in [5.74, 6) is 0.717. The van der Waals surface area contributed by atoms with Crippen LogP contribution in [0.1, 0.15) is 75.4 Å². The number of hydrogen-bond acceptors (Lipinski definition) is 10. The highest BCUT2D eigenvalue weighted by atomic mass is 16.7. The zero-order valence-electron chi connectivity index (χ0n) is 29.6. The summed E-state index contributed by atoms with van der Waals surface area (Å²) in [5.41, 5.74) is -0.0957. The third kappa shape index (κ3) is 5.50. The van der Waals surface area contributed by atoms with Gasteiger partial charge >= 0.3 is 5.63 Å². The molecule has 2 aromatic heterocycles. The maximum atomic E-state index is 13.8. The van der Waals surface area contributed by atoms with Crippen LogP contribution in [-0.4, -0.2) is 48.7 Å². The third-order valence-corrected chi connectivity index (χ3v) is 12.3. The minimum absolute atomic E-state index is 0.0431. The van der Waals surface area contributed by atoms with Crippen molar-refractivity contribution < 1.29 is 37.9 Å². The van der Waals surface area contributed by atoms with E-state index in [1.54, 1.807) is 38.7 Å². The molecule has 4 heterocycles. The number of aliphatic hydroxyl groups is 1. The molecule has 51 heavy (non-hydrogen) atoms. The molecule has 4 aliphatic rings. The molecular weight excluding hydrogens is 650 g/mol. The fourth-order valence-corrected chi connectivity index (χ4v) is 9.84. The summed E-state index contributed by atoms with van der Waals surface area (Å²) in [4.78, 5) is 18.0. The van der Waals surface area contributed by atoms with Crippen molar-refractivity contribution >= 4 is 0 Å². The molecular formula is C41H45NO9. The van der Waals surface area contributed by atoms with Crippen molar-refractivity contribution in [3.63, 3.8) is 0 Å². The van der Waals surface area contributed by atoms with Gasteiger partial charge in [-0.05, 0) is 61.8 Å².